The van der Waals surface area contributed by atoms with Gasteiger partial charge in [0.25, 0.3) is 0 Å². The Hall–Kier alpha value is -1.77. The molecule has 0 spiro atoms. The molecule has 0 fully saturated rings. The summed E-state index contributed by atoms with van der Waals surface area (Å²) >= 11 is 0. The first-order valence-electron chi connectivity index (χ1n) is 6.19. The van der Waals surface area contributed by atoms with Crippen molar-refractivity contribution >= 4 is 5.82 Å². The first kappa shape index (κ1) is 10.4. The molecule has 1 aliphatic carbocycles. The van der Waals surface area contributed by atoms with Crippen LogP contribution in [-0.4, -0.2) is 9.78 Å². The normalized spacial score (nSPS) is 14.6. The van der Waals surface area contributed by atoms with Gasteiger partial charge in [-0.05, 0) is 49.8 Å². The Kier molecular flexibility index (Phi) is 2.39. The predicted octanol–water partition coefficient (Wildman–Crippen LogP) is 2.64. The lowest BCUT2D eigenvalue weighted by Crippen LogP contribution is -2.10. The maximum absolute atomic E-state index is 5.76. The summed E-state index contributed by atoms with van der Waals surface area (Å²) in [5.41, 5.74) is 11.0. The molecule has 0 amide bonds. The number of nitrogens with two attached hydrogens (primary N) is 1. The van der Waals surface area contributed by atoms with Crippen LogP contribution in [0.25, 0.3) is 5.69 Å². The molecule has 2 N–H and O–H groups in total. The van der Waals surface area contributed by atoms with E-state index in [1.54, 1.807) is 0 Å². The van der Waals surface area contributed by atoms with Crippen molar-refractivity contribution in [2.24, 2.45) is 0 Å². The highest BCUT2D eigenvalue weighted by Gasteiger charge is 2.15. The SMILES string of the molecule is Cc1cc(N)nn1-c1cccc2c1CCCC2. The van der Waals surface area contributed by atoms with Gasteiger partial charge in [0.2, 0.25) is 0 Å². The van der Waals surface area contributed by atoms with E-state index >= 15 is 0 Å². The van der Waals surface area contributed by atoms with E-state index in [2.05, 4.69) is 23.3 Å². The monoisotopic (exact) mass is 227 g/mol. The van der Waals surface area contributed by atoms with Gasteiger partial charge in [-0.25, -0.2) is 4.68 Å². The smallest absolute Gasteiger partial charge is 0.146 e. The van der Waals surface area contributed by atoms with Crippen LogP contribution in [-0.2, 0) is 12.8 Å². The van der Waals surface area contributed by atoms with Gasteiger partial charge in [0.15, 0.2) is 0 Å². The molecule has 0 radical (unpaired) electrons. The van der Waals surface area contributed by atoms with Gasteiger partial charge in [-0.3, -0.25) is 0 Å². The quantitative estimate of drug-likeness (QED) is 0.814. The van der Waals surface area contributed by atoms with Crippen molar-refractivity contribution in [3.8, 4) is 5.69 Å². The molecule has 2 aromatic rings. The van der Waals surface area contributed by atoms with E-state index in [1.165, 1.54) is 36.1 Å². The zero-order chi connectivity index (χ0) is 11.8. The van der Waals surface area contributed by atoms with Crippen LogP contribution in [0.1, 0.15) is 29.7 Å². The molecule has 0 atom stereocenters. The maximum atomic E-state index is 5.76. The summed E-state index contributed by atoms with van der Waals surface area (Å²) in [5, 5.41) is 4.38. The molecule has 0 saturated carbocycles. The molecule has 3 nitrogen and oxygen atoms in total. The minimum absolute atomic E-state index is 0.593. The summed E-state index contributed by atoms with van der Waals surface area (Å²) in [6.45, 7) is 2.05. The average molecular weight is 227 g/mol. The Balaban J connectivity index is 2.17. The zero-order valence-corrected chi connectivity index (χ0v) is 10.1. The number of anilines is 1. The maximum Gasteiger partial charge on any atom is 0.146 e. The Morgan fingerprint density at radius 1 is 1.24 bits per heavy atom. The molecule has 1 heterocycles. The summed E-state index contributed by atoms with van der Waals surface area (Å²) < 4.78 is 1.97. The third kappa shape index (κ3) is 1.71. The fourth-order valence-electron chi connectivity index (χ4n) is 2.70. The minimum Gasteiger partial charge on any atom is -0.382 e. The Labute approximate surface area is 101 Å². The van der Waals surface area contributed by atoms with Crippen molar-refractivity contribution in [2.75, 3.05) is 5.73 Å². The van der Waals surface area contributed by atoms with Crippen molar-refractivity contribution < 1.29 is 0 Å². The van der Waals surface area contributed by atoms with Crippen LogP contribution < -0.4 is 5.73 Å². The molecule has 0 aliphatic heterocycles. The van der Waals surface area contributed by atoms with Crippen LogP contribution in [0, 0.1) is 6.92 Å². The zero-order valence-electron chi connectivity index (χ0n) is 10.1. The van der Waals surface area contributed by atoms with Crippen LogP contribution in [0.5, 0.6) is 0 Å². The molecule has 1 aliphatic rings. The van der Waals surface area contributed by atoms with Crippen LogP contribution in [0.2, 0.25) is 0 Å². The number of aryl methyl sites for hydroxylation is 2. The topological polar surface area (TPSA) is 43.8 Å². The Morgan fingerprint density at radius 3 is 2.82 bits per heavy atom. The van der Waals surface area contributed by atoms with Gasteiger partial charge in [-0.1, -0.05) is 12.1 Å². The second-order valence-electron chi connectivity index (χ2n) is 4.74. The van der Waals surface area contributed by atoms with Gasteiger partial charge in [0, 0.05) is 11.8 Å². The highest BCUT2D eigenvalue weighted by Crippen LogP contribution is 2.27. The molecule has 0 saturated heterocycles. The Morgan fingerprint density at radius 2 is 2.06 bits per heavy atom. The molecule has 0 bridgehead atoms. The number of nitrogens with zero attached hydrogens (tertiary/aromatic N) is 2. The number of nitrogen functional groups attached to an aromatic ring is 1. The van der Waals surface area contributed by atoms with Gasteiger partial charge in [0.1, 0.15) is 5.82 Å². The van der Waals surface area contributed by atoms with Gasteiger partial charge in [0.05, 0.1) is 5.69 Å². The molecule has 88 valence electrons. The van der Waals surface area contributed by atoms with E-state index in [1.807, 2.05) is 17.7 Å². The van der Waals surface area contributed by atoms with Crippen LogP contribution >= 0.6 is 0 Å². The lowest BCUT2D eigenvalue weighted by molar-refractivity contribution is 0.675. The number of aromatic nitrogens is 2. The second kappa shape index (κ2) is 3.91. The lowest BCUT2D eigenvalue weighted by atomic mass is 9.90. The number of fused-ring (bicyclic) bond motifs is 1. The number of hydrogen-bond acceptors (Lipinski definition) is 2. The first-order valence-corrected chi connectivity index (χ1v) is 6.19. The molecular formula is C14H17N3. The molecule has 1 aromatic heterocycles. The minimum atomic E-state index is 0.593. The fraction of sp³-hybridized carbons (Fsp3) is 0.357. The Bertz CT molecular complexity index is 555. The van der Waals surface area contributed by atoms with Gasteiger partial charge in [-0.2, -0.15) is 5.10 Å². The van der Waals surface area contributed by atoms with E-state index in [0.717, 1.165) is 12.1 Å². The summed E-state index contributed by atoms with van der Waals surface area (Å²) in [4.78, 5) is 0. The van der Waals surface area contributed by atoms with E-state index in [9.17, 15) is 0 Å². The van der Waals surface area contributed by atoms with Crippen LogP contribution in [0.15, 0.2) is 24.3 Å². The highest BCUT2D eigenvalue weighted by molar-refractivity contribution is 5.49. The van der Waals surface area contributed by atoms with Crippen molar-refractivity contribution in [3.05, 3.63) is 41.1 Å². The van der Waals surface area contributed by atoms with Crippen molar-refractivity contribution in [1.29, 1.82) is 0 Å². The summed E-state index contributed by atoms with van der Waals surface area (Å²) in [6, 6.07) is 8.42. The third-order valence-corrected chi connectivity index (χ3v) is 3.51. The van der Waals surface area contributed by atoms with E-state index in [4.69, 9.17) is 5.73 Å². The molecule has 3 rings (SSSR count). The van der Waals surface area contributed by atoms with Crippen molar-refractivity contribution in [2.45, 2.75) is 32.6 Å². The van der Waals surface area contributed by atoms with E-state index < -0.39 is 0 Å². The van der Waals surface area contributed by atoms with E-state index in [-0.39, 0.29) is 0 Å². The summed E-state index contributed by atoms with van der Waals surface area (Å²) in [6.07, 6.45) is 4.93. The van der Waals surface area contributed by atoms with Crippen LogP contribution in [0.4, 0.5) is 5.82 Å². The van der Waals surface area contributed by atoms with Crippen molar-refractivity contribution in [1.82, 2.24) is 9.78 Å². The second-order valence-corrected chi connectivity index (χ2v) is 4.74. The van der Waals surface area contributed by atoms with Crippen molar-refractivity contribution in [3.63, 3.8) is 0 Å². The molecule has 3 heteroatoms. The number of hydrogen-bond donors (Lipinski definition) is 1. The van der Waals surface area contributed by atoms with E-state index in [0.29, 0.717) is 5.82 Å². The van der Waals surface area contributed by atoms with Gasteiger partial charge < -0.3 is 5.73 Å². The highest BCUT2D eigenvalue weighted by atomic mass is 15.3. The molecule has 1 aromatic carbocycles. The van der Waals surface area contributed by atoms with Crippen LogP contribution in [0.3, 0.4) is 0 Å². The summed E-state index contributed by atoms with van der Waals surface area (Å²) in [5.74, 6) is 0.593. The molecular weight excluding hydrogens is 210 g/mol. The van der Waals surface area contributed by atoms with Gasteiger partial charge in [-0.15, -0.1) is 0 Å². The summed E-state index contributed by atoms with van der Waals surface area (Å²) in [7, 11) is 0. The molecule has 0 unspecified atom stereocenters. The lowest BCUT2D eigenvalue weighted by Gasteiger charge is -2.19. The number of benzene rings is 1. The standard InChI is InChI=1S/C14H17N3/c1-10-9-14(15)16-17(10)13-8-4-6-11-5-2-3-7-12(11)13/h4,6,8-9H,2-3,5,7H2,1H3,(H2,15,16). The molecule has 17 heavy (non-hydrogen) atoms. The predicted molar refractivity (Wildman–Crippen MR) is 69.4 cm³/mol. The fourth-order valence-corrected chi connectivity index (χ4v) is 2.70. The largest absolute Gasteiger partial charge is 0.382 e. The third-order valence-electron chi connectivity index (χ3n) is 3.51. The average Bonchev–Trinajstić information content (AvgIpc) is 2.68. The number of rotatable bonds is 1. The first-order chi connectivity index (χ1) is 8.25. The van der Waals surface area contributed by atoms with Gasteiger partial charge >= 0.3 is 0 Å².